The van der Waals surface area contributed by atoms with Crippen molar-refractivity contribution < 1.29 is 4.92 Å². The zero-order valence-corrected chi connectivity index (χ0v) is 8.57. The Hall–Kier alpha value is -2.88. The van der Waals surface area contributed by atoms with Crippen LogP contribution in [-0.4, -0.2) is 14.7 Å². The zero-order valence-electron chi connectivity index (χ0n) is 8.57. The van der Waals surface area contributed by atoms with Crippen LogP contribution in [-0.2, 0) is 0 Å². The fraction of sp³-hybridized carbons (Fsp3) is 0. The molecule has 2 aromatic rings. The number of nitrogen functional groups attached to an aromatic ring is 1. The van der Waals surface area contributed by atoms with Crippen molar-refractivity contribution in [2.24, 2.45) is 0 Å². The van der Waals surface area contributed by atoms with E-state index in [0.717, 1.165) is 0 Å². The molecule has 0 amide bonds. The lowest BCUT2D eigenvalue weighted by Crippen LogP contribution is -2.05. The molecule has 1 aromatic heterocycles. The molecule has 0 spiro atoms. The smallest absolute Gasteiger partial charge is 0.294 e. The molecule has 1 aromatic carbocycles. The summed E-state index contributed by atoms with van der Waals surface area (Å²) in [5.74, 6) is 0.0850. The third kappa shape index (κ3) is 1.68. The number of para-hydroxylation sites is 2. The predicted octanol–water partition coefficient (Wildman–Crippen LogP) is 1.23. The van der Waals surface area contributed by atoms with E-state index >= 15 is 0 Å². The molecule has 2 N–H and O–H groups in total. The maximum atomic E-state index is 10.8. The molecule has 0 unspecified atom stereocenters. The van der Waals surface area contributed by atoms with Crippen molar-refractivity contribution in [3.63, 3.8) is 0 Å². The molecule has 2 rings (SSSR count). The van der Waals surface area contributed by atoms with Crippen molar-refractivity contribution in [2.75, 3.05) is 5.73 Å². The van der Waals surface area contributed by atoms with E-state index < -0.39 is 4.92 Å². The SMILES string of the molecule is N#Cc1cnn(-c2ccccc2[N+](=O)[O-])c1N. The van der Waals surface area contributed by atoms with Crippen molar-refractivity contribution in [2.45, 2.75) is 0 Å². The van der Waals surface area contributed by atoms with Crippen LogP contribution in [0.3, 0.4) is 0 Å². The minimum Gasteiger partial charge on any atom is -0.382 e. The highest BCUT2D eigenvalue weighted by Gasteiger charge is 2.18. The Morgan fingerprint density at radius 3 is 2.76 bits per heavy atom. The molecular formula is C10H7N5O2. The average molecular weight is 229 g/mol. The van der Waals surface area contributed by atoms with Crippen molar-refractivity contribution in [1.29, 1.82) is 5.26 Å². The van der Waals surface area contributed by atoms with Gasteiger partial charge in [-0.05, 0) is 6.07 Å². The van der Waals surface area contributed by atoms with Gasteiger partial charge in [-0.2, -0.15) is 10.4 Å². The second-order valence-corrected chi connectivity index (χ2v) is 3.21. The second kappa shape index (κ2) is 3.94. The topological polar surface area (TPSA) is 111 Å². The molecule has 1 heterocycles. The Morgan fingerprint density at radius 2 is 2.18 bits per heavy atom. The highest BCUT2D eigenvalue weighted by atomic mass is 16.6. The first-order valence-corrected chi connectivity index (χ1v) is 4.62. The van der Waals surface area contributed by atoms with Gasteiger partial charge < -0.3 is 5.73 Å². The fourth-order valence-corrected chi connectivity index (χ4v) is 1.43. The Kier molecular flexibility index (Phi) is 2.46. The molecule has 17 heavy (non-hydrogen) atoms. The minimum atomic E-state index is -0.525. The Balaban J connectivity index is 2.65. The Morgan fingerprint density at radius 1 is 1.47 bits per heavy atom. The molecule has 0 aliphatic carbocycles. The summed E-state index contributed by atoms with van der Waals surface area (Å²) in [5.41, 5.74) is 5.97. The fourth-order valence-electron chi connectivity index (χ4n) is 1.43. The lowest BCUT2D eigenvalue weighted by Gasteiger charge is -2.04. The van der Waals surface area contributed by atoms with Crippen LogP contribution in [0.4, 0.5) is 11.5 Å². The number of nitro groups is 1. The third-order valence-electron chi connectivity index (χ3n) is 2.23. The number of nitriles is 1. The number of anilines is 1. The quantitative estimate of drug-likeness (QED) is 0.615. The highest BCUT2D eigenvalue weighted by molar-refractivity contribution is 5.59. The van der Waals surface area contributed by atoms with Gasteiger partial charge in [-0.25, -0.2) is 4.68 Å². The van der Waals surface area contributed by atoms with Gasteiger partial charge in [-0.3, -0.25) is 10.1 Å². The normalized spacial score (nSPS) is 9.82. The second-order valence-electron chi connectivity index (χ2n) is 3.21. The largest absolute Gasteiger partial charge is 0.382 e. The lowest BCUT2D eigenvalue weighted by molar-refractivity contribution is -0.384. The van der Waals surface area contributed by atoms with Crippen LogP contribution in [0.15, 0.2) is 30.5 Å². The van der Waals surface area contributed by atoms with E-state index in [1.165, 1.54) is 23.0 Å². The first-order valence-electron chi connectivity index (χ1n) is 4.62. The minimum absolute atomic E-state index is 0.0850. The van der Waals surface area contributed by atoms with Gasteiger partial charge in [0.15, 0.2) is 0 Å². The van der Waals surface area contributed by atoms with Gasteiger partial charge in [0.25, 0.3) is 5.69 Å². The molecule has 7 nitrogen and oxygen atoms in total. The molecule has 0 fully saturated rings. The van der Waals surface area contributed by atoms with E-state index in [1.807, 2.05) is 6.07 Å². The molecule has 0 radical (unpaired) electrons. The van der Waals surface area contributed by atoms with E-state index in [1.54, 1.807) is 12.1 Å². The van der Waals surface area contributed by atoms with Crippen molar-refractivity contribution >= 4 is 11.5 Å². The summed E-state index contributed by atoms with van der Waals surface area (Å²) < 4.78 is 1.18. The molecule has 0 saturated heterocycles. The first-order chi connectivity index (χ1) is 8.15. The number of benzene rings is 1. The third-order valence-corrected chi connectivity index (χ3v) is 2.23. The monoisotopic (exact) mass is 229 g/mol. The maximum absolute atomic E-state index is 10.8. The van der Waals surface area contributed by atoms with Gasteiger partial charge in [0.2, 0.25) is 0 Å². The summed E-state index contributed by atoms with van der Waals surface area (Å²) in [4.78, 5) is 10.3. The number of nitro benzene ring substituents is 1. The highest BCUT2D eigenvalue weighted by Crippen LogP contribution is 2.24. The molecule has 0 aliphatic heterocycles. The zero-order chi connectivity index (χ0) is 12.4. The predicted molar refractivity (Wildman–Crippen MR) is 59.3 cm³/mol. The average Bonchev–Trinajstić information content (AvgIpc) is 2.70. The van der Waals surface area contributed by atoms with Gasteiger partial charge in [0, 0.05) is 6.07 Å². The van der Waals surface area contributed by atoms with Gasteiger partial charge in [-0.1, -0.05) is 12.1 Å². The van der Waals surface area contributed by atoms with E-state index in [2.05, 4.69) is 5.10 Å². The number of nitrogens with two attached hydrogens (primary N) is 1. The van der Waals surface area contributed by atoms with Crippen LogP contribution in [0.25, 0.3) is 5.69 Å². The molecule has 0 aliphatic rings. The molecule has 0 saturated carbocycles. The molecule has 0 bridgehead atoms. The van der Waals surface area contributed by atoms with E-state index in [9.17, 15) is 10.1 Å². The summed E-state index contributed by atoms with van der Waals surface area (Å²) in [6.45, 7) is 0. The number of rotatable bonds is 2. The number of hydrogen-bond acceptors (Lipinski definition) is 5. The van der Waals surface area contributed by atoms with Crippen LogP contribution < -0.4 is 5.73 Å². The van der Waals surface area contributed by atoms with E-state index in [0.29, 0.717) is 0 Å². The molecular weight excluding hydrogens is 222 g/mol. The van der Waals surface area contributed by atoms with E-state index in [-0.39, 0.29) is 22.8 Å². The number of aromatic nitrogens is 2. The van der Waals surface area contributed by atoms with Crippen LogP contribution in [0, 0.1) is 21.4 Å². The summed E-state index contributed by atoms with van der Waals surface area (Å²) in [6.07, 6.45) is 1.27. The van der Waals surface area contributed by atoms with Crippen LogP contribution in [0.2, 0.25) is 0 Å². The summed E-state index contributed by atoms with van der Waals surface area (Å²) in [5, 5.41) is 23.4. The Bertz CT molecular complexity index is 626. The van der Waals surface area contributed by atoms with Crippen LogP contribution >= 0.6 is 0 Å². The van der Waals surface area contributed by atoms with E-state index in [4.69, 9.17) is 11.0 Å². The molecule has 0 atom stereocenters. The summed E-state index contributed by atoms with van der Waals surface area (Å²) in [7, 11) is 0. The summed E-state index contributed by atoms with van der Waals surface area (Å²) >= 11 is 0. The van der Waals surface area contributed by atoms with Gasteiger partial charge >= 0.3 is 0 Å². The van der Waals surface area contributed by atoms with Crippen LogP contribution in [0.1, 0.15) is 5.56 Å². The lowest BCUT2D eigenvalue weighted by atomic mass is 10.2. The van der Waals surface area contributed by atoms with Crippen molar-refractivity contribution in [3.05, 3.63) is 46.1 Å². The first kappa shape index (κ1) is 10.6. The maximum Gasteiger partial charge on any atom is 0.294 e. The van der Waals surface area contributed by atoms with Crippen molar-refractivity contribution in [1.82, 2.24) is 9.78 Å². The van der Waals surface area contributed by atoms with Crippen molar-refractivity contribution in [3.8, 4) is 11.8 Å². The molecule has 7 heteroatoms. The van der Waals surface area contributed by atoms with Gasteiger partial charge in [-0.15, -0.1) is 0 Å². The summed E-state index contributed by atoms with van der Waals surface area (Å²) in [6, 6.07) is 7.90. The standard InChI is InChI=1S/C10H7N5O2/c11-5-7-6-13-14(10(7)12)8-3-1-2-4-9(8)15(16)17/h1-4,6H,12H2. The van der Waals surface area contributed by atoms with Gasteiger partial charge in [0.1, 0.15) is 23.1 Å². The molecule has 84 valence electrons. The van der Waals surface area contributed by atoms with Gasteiger partial charge in [0.05, 0.1) is 11.1 Å². The number of hydrogen-bond donors (Lipinski definition) is 1. The van der Waals surface area contributed by atoms with Crippen LogP contribution in [0.5, 0.6) is 0 Å². The number of nitrogens with zero attached hydrogens (tertiary/aromatic N) is 4. The Labute approximate surface area is 95.8 Å².